The Labute approximate surface area is 205 Å². The van der Waals surface area contributed by atoms with E-state index in [4.69, 9.17) is 15.2 Å². The number of carbonyl (C=O) groups excluding carboxylic acids is 4. The monoisotopic (exact) mass is 483 g/mol. The Balaban J connectivity index is 1.64. The molecule has 0 saturated heterocycles. The molecular formula is C26H33N3O6. The summed E-state index contributed by atoms with van der Waals surface area (Å²) in [5.41, 5.74) is 7.67. The number of nitrogens with two attached hydrogens (primary N) is 1. The van der Waals surface area contributed by atoms with E-state index in [-0.39, 0.29) is 31.3 Å². The van der Waals surface area contributed by atoms with Gasteiger partial charge in [-0.15, -0.1) is 0 Å². The van der Waals surface area contributed by atoms with Crippen LogP contribution in [0.25, 0.3) is 0 Å². The molecule has 0 bridgehead atoms. The van der Waals surface area contributed by atoms with Crippen molar-refractivity contribution in [2.75, 3.05) is 18.5 Å². The Bertz CT molecular complexity index is 978. The molecule has 9 nitrogen and oxygen atoms in total. The van der Waals surface area contributed by atoms with E-state index >= 15 is 0 Å². The van der Waals surface area contributed by atoms with E-state index < -0.39 is 23.9 Å². The fraction of sp³-hybridized carbons (Fsp3) is 0.385. The summed E-state index contributed by atoms with van der Waals surface area (Å²) in [6.45, 7) is 4.39. The molecular weight excluding hydrogens is 450 g/mol. The topological polar surface area (TPSA) is 137 Å². The van der Waals surface area contributed by atoms with Crippen LogP contribution in [0.5, 0.6) is 0 Å². The minimum atomic E-state index is -1.01. The maximum atomic E-state index is 12.2. The normalized spacial score (nSPS) is 12.2. The lowest BCUT2D eigenvalue weighted by Crippen LogP contribution is -2.43. The van der Waals surface area contributed by atoms with Crippen LogP contribution < -0.4 is 16.4 Å². The largest absolute Gasteiger partial charge is 0.462 e. The van der Waals surface area contributed by atoms with E-state index in [1.165, 1.54) is 0 Å². The van der Waals surface area contributed by atoms with Crippen molar-refractivity contribution in [3.63, 3.8) is 0 Å². The third-order valence-corrected chi connectivity index (χ3v) is 5.13. The lowest BCUT2D eigenvalue weighted by Gasteiger charge is -2.15. The van der Waals surface area contributed by atoms with Gasteiger partial charge in [0.2, 0.25) is 11.8 Å². The van der Waals surface area contributed by atoms with Crippen molar-refractivity contribution in [1.82, 2.24) is 5.32 Å². The van der Waals surface area contributed by atoms with Crippen molar-refractivity contribution < 1.29 is 28.7 Å². The van der Waals surface area contributed by atoms with Crippen molar-refractivity contribution in [2.45, 2.75) is 45.8 Å². The predicted octanol–water partition coefficient (Wildman–Crippen LogP) is 2.80. The summed E-state index contributed by atoms with van der Waals surface area (Å²) in [5.74, 6) is -1.56. The Morgan fingerprint density at radius 3 is 2.31 bits per heavy atom. The molecule has 0 aliphatic carbocycles. The first-order valence-electron chi connectivity index (χ1n) is 11.6. The lowest BCUT2D eigenvalue weighted by atomic mass is 10.0. The minimum Gasteiger partial charge on any atom is -0.462 e. The highest BCUT2D eigenvalue weighted by Gasteiger charge is 2.19. The maximum Gasteiger partial charge on any atom is 0.338 e. The molecule has 2 aromatic carbocycles. The summed E-state index contributed by atoms with van der Waals surface area (Å²) in [5, 5.41) is 5.49. The summed E-state index contributed by atoms with van der Waals surface area (Å²) in [7, 11) is 0. The molecule has 1 unspecified atom stereocenters. The highest BCUT2D eigenvalue weighted by Crippen LogP contribution is 2.12. The standard InChI is InChI=1S/C26H33N3O6/c1-3-34-26(33)20-10-12-21(13-11-20)29-23(30)14-9-18(2)16-28-25(32)22(27)15-24(31)35-17-19-7-5-4-6-8-19/h4-8,10-13,18,22H,3,9,14-17,27H2,1-2H3,(H,28,32)(H,29,30)/t18?,22-/m1/s1. The molecule has 35 heavy (non-hydrogen) atoms. The molecule has 0 aromatic heterocycles. The lowest BCUT2D eigenvalue weighted by molar-refractivity contribution is -0.146. The number of hydrogen-bond donors (Lipinski definition) is 3. The van der Waals surface area contributed by atoms with E-state index in [0.29, 0.717) is 30.8 Å². The Kier molecular flexibility index (Phi) is 11.4. The number of benzene rings is 2. The molecule has 2 atom stereocenters. The Morgan fingerprint density at radius 1 is 0.971 bits per heavy atom. The van der Waals surface area contributed by atoms with Crippen LogP contribution in [0.15, 0.2) is 54.6 Å². The number of rotatable bonds is 13. The van der Waals surface area contributed by atoms with Crippen LogP contribution in [0.4, 0.5) is 5.69 Å². The van der Waals surface area contributed by atoms with E-state index in [1.807, 2.05) is 37.3 Å². The van der Waals surface area contributed by atoms with Crippen LogP contribution in [0, 0.1) is 5.92 Å². The second-order valence-electron chi connectivity index (χ2n) is 8.19. The van der Waals surface area contributed by atoms with Gasteiger partial charge in [0.25, 0.3) is 0 Å². The first-order chi connectivity index (χ1) is 16.8. The summed E-state index contributed by atoms with van der Waals surface area (Å²) >= 11 is 0. The molecule has 2 rings (SSSR count). The molecule has 0 spiro atoms. The van der Waals surface area contributed by atoms with Gasteiger partial charge in [-0.05, 0) is 49.1 Å². The number of amides is 2. The molecule has 9 heteroatoms. The number of carbonyl (C=O) groups is 4. The Morgan fingerprint density at radius 2 is 1.66 bits per heavy atom. The number of anilines is 1. The molecule has 188 valence electrons. The van der Waals surface area contributed by atoms with Crippen molar-refractivity contribution >= 4 is 29.4 Å². The molecule has 0 heterocycles. The molecule has 0 radical (unpaired) electrons. The molecule has 4 N–H and O–H groups in total. The average Bonchev–Trinajstić information content (AvgIpc) is 2.86. The summed E-state index contributed by atoms with van der Waals surface area (Å²) in [6, 6.07) is 14.7. The molecule has 0 saturated carbocycles. The molecule has 0 aliphatic rings. The number of esters is 2. The fourth-order valence-electron chi connectivity index (χ4n) is 3.08. The van der Waals surface area contributed by atoms with Crippen molar-refractivity contribution in [2.24, 2.45) is 11.7 Å². The van der Waals surface area contributed by atoms with Crippen LogP contribution in [-0.2, 0) is 30.5 Å². The van der Waals surface area contributed by atoms with Crippen molar-refractivity contribution in [1.29, 1.82) is 0 Å². The predicted molar refractivity (Wildman–Crippen MR) is 131 cm³/mol. The number of ether oxygens (including phenoxy) is 2. The first kappa shape index (κ1) is 27.5. The van der Waals surface area contributed by atoms with Gasteiger partial charge in [0.15, 0.2) is 0 Å². The smallest absolute Gasteiger partial charge is 0.338 e. The molecule has 2 amide bonds. The van der Waals surface area contributed by atoms with Crippen LogP contribution >= 0.6 is 0 Å². The van der Waals surface area contributed by atoms with Crippen molar-refractivity contribution in [3.8, 4) is 0 Å². The third-order valence-electron chi connectivity index (χ3n) is 5.13. The maximum absolute atomic E-state index is 12.2. The van der Waals surface area contributed by atoms with Gasteiger partial charge in [0, 0.05) is 18.7 Å². The van der Waals surface area contributed by atoms with Crippen LogP contribution in [-0.4, -0.2) is 42.9 Å². The zero-order valence-corrected chi connectivity index (χ0v) is 20.1. The highest BCUT2D eigenvalue weighted by atomic mass is 16.5. The van der Waals surface area contributed by atoms with Gasteiger partial charge < -0.3 is 25.8 Å². The van der Waals surface area contributed by atoms with Gasteiger partial charge in [-0.1, -0.05) is 37.3 Å². The number of hydrogen-bond acceptors (Lipinski definition) is 7. The van der Waals surface area contributed by atoms with Gasteiger partial charge in [-0.3, -0.25) is 14.4 Å². The summed E-state index contributed by atoms with van der Waals surface area (Å²) < 4.78 is 10.1. The summed E-state index contributed by atoms with van der Waals surface area (Å²) in [6.07, 6.45) is 0.584. The molecule has 2 aromatic rings. The van der Waals surface area contributed by atoms with E-state index in [1.54, 1.807) is 31.2 Å². The van der Waals surface area contributed by atoms with Crippen molar-refractivity contribution in [3.05, 3.63) is 65.7 Å². The van der Waals surface area contributed by atoms with Crippen LogP contribution in [0.3, 0.4) is 0 Å². The van der Waals surface area contributed by atoms with E-state index in [9.17, 15) is 19.2 Å². The molecule has 0 aliphatic heterocycles. The average molecular weight is 484 g/mol. The van der Waals surface area contributed by atoms with Gasteiger partial charge >= 0.3 is 11.9 Å². The minimum absolute atomic E-state index is 0.0214. The quantitative estimate of drug-likeness (QED) is 0.373. The van der Waals surface area contributed by atoms with E-state index in [0.717, 1.165) is 5.56 Å². The van der Waals surface area contributed by atoms with Gasteiger partial charge in [0.05, 0.1) is 24.6 Å². The highest BCUT2D eigenvalue weighted by molar-refractivity contribution is 5.93. The fourth-order valence-corrected chi connectivity index (χ4v) is 3.08. The van der Waals surface area contributed by atoms with Gasteiger partial charge in [0.1, 0.15) is 6.61 Å². The first-order valence-corrected chi connectivity index (χ1v) is 11.6. The summed E-state index contributed by atoms with van der Waals surface area (Å²) in [4.78, 5) is 48.0. The third kappa shape index (κ3) is 10.4. The number of nitrogens with one attached hydrogen (secondary N) is 2. The van der Waals surface area contributed by atoms with E-state index in [2.05, 4.69) is 10.6 Å². The Hall–Kier alpha value is -3.72. The SMILES string of the molecule is CCOC(=O)c1ccc(NC(=O)CCC(C)CNC(=O)[C@H](N)CC(=O)OCc2ccccc2)cc1. The second kappa shape index (κ2) is 14.5. The zero-order valence-electron chi connectivity index (χ0n) is 20.1. The second-order valence-corrected chi connectivity index (χ2v) is 8.19. The van der Waals surface area contributed by atoms with Crippen LogP contribution in [0.1, 0.15) is 49.0 Å². The van der Waals surface area contributed by atoms with Crippen LogP contribution in [0.2, 0.25) is 0 Å². The van der Waals surface area contributed by atoms with Gasteiger partial charge in [-0.25, -0.2) is 4.79 Å². The molecule has 0 fully saturated rings. The zero-order chi connectivity index (χ0) is 25.6. The van der Waals surface area contributed by atoms with Gasteiger partial charge in [-0.2, -0.15) is 0 Å².